The molecule has 0 radical (unpaired) electrons. The van der Waals surface area contributed by atoms with E-state index in [0.717, 1.165) is 31.9 Å². The third kappa shape index (κ3) is 2.96. The zero-order valence-electron chi connectivity index (χ0n) is 14.1. The number of fused-ring (bicyclic) bond motifs is 1. The molecule has 134 valence electrons. The Hall–Kier alpha value is -1.84. The van der Waals surface area contributed by atoms with Crippen molar-refractivity contribution in [3.05, 3.63) is 36.2 Å². The van der Waals surface area contributed by atoms with Gasteiger partial charge in [-0.3, -0.25) is 4.98 Å². The van der Waals surface area contributed by atoms with Gasteiger partial charge in [-0.1, -0.05) is 0 Å². The maximum Gasteiger partial charge on any atom is 0.245 e. The van der Waals surface area contributed by atoms with Gasteiger partial charge in [-0.2, -0.15) is 4.31 Å². The van der Waals surface area contributed by atoms with Gasteiger partial charge in [0.05, 0.1) is 6.54 Å². The van der Waals surface area contributed by atoms with Crippen LogP contribution in [0, 0.1) is 0 Å². The minimum Gasteiger partial charge on any atom is -0.381 e. The van der Waals surface area contributed by atoms with Crippen LogP contribution >= 0.6 is 0 Å². The van der Waals surface area contributed by atoms with Gasteiger partial charge >= 0.3 is 0 Å². The zero-order valence-corrected chi connectivity index (χ0v) is 14.9. The number of sulfonamides is 1. The van der Waals surface area contributed by atoms with Crippen molar-refractivity contribution in [1.82, 2.24) is 24.1 Å². The molecule has 0 aliphatic carbocycles. The maximum atomic E-state index is 12.9. The van der Waals surface area contributed by atoms with Crippen molar-refractivity contribution >= 4 is 10.0 Å². The molecule has 0 bridgehead atoms. The molecule has 1 saturated heterocycles. The zero-order chi connectivity index (χ0) is 17.4. The fourth-order valence-corrected chi connectivity index (χ4v) is 5.03. The van der Waals surface area contributed by atoms with E-state index in [1.165, 1.54) is 10.5 Å². The Morgan fingerprint density at radius 3 is 2.76 bits per heavy atom. The van der Waals surface area contributed by atoms with Crippen molar-refractivity contribution in [2.75, 3.05) is 19.8 Å². The van der Waals surface area contributed by atoms with Crippen molar-refractivity contribution in [1.29, 1.82) is 0 Å². The number of hydrogen-bond donors (Lipinski definition) is 0. The van der Waals surface area contributed by atoms with Crippen molar-refractivity contribution < 1.29 is 13.2 Å². The van der Waals surface area contributed by atoms with Gasteiger partial charge in [0.15, 0.2) is 0 Å². The summed E-state index contributed by atoms with van der Waals surface area (Å²) < 4.78 is 34.7. The summed E-state index contributed by atoms with van der Waals surface area (Å²) in [4.78, 5) is 4.13. The molecule has 2 aliphatic rings. The van der Waals surface area contributed by atoms with Gasteiger partial charge in [-0.25, -0.2) is 8.42 Å². The molecule has 8 nitrogen and oxygen atoms in total. The van der Waals surface area contributed by atoms with E-state index >= 15 is 0 Å². The maximum absolute atomic E-state index is 12.9. The molecule has 1 atom stereocenters. The molecule has 2 aromatic heterocycles. The van der Waals surface area contributed by atoms with Crippen LogP contribution in [-0.4, -0.2) is 52.2 Å². The van der Waals surface area contributed by atoms with Crippen LogP contribution in [0.15, 0.2) is 29.4 Å². The van der Waals surface area contributed by atoms with Gasteiger partial charge in [0.1, 0.15) is 16.5 Å². The molecule has 0 aromatic carbocycles. The largest absolute Gasteiger partial charge is 0.381 e. The molecule has 4 rings (SSSR count). The topological polar surface area (TPSA) is 90.2 Å². The molecule has 1 fully saturated rings. The normalized spacial score (nSPS) is 22.7. The van der Waals surface area contributed by atoms with Crippen LogP contribution in [0.3, 0.4) is 0 Å². The lowest BCUT2D eigenvalue weighted by Gasteiger charge is -2.33. The molecular formula is C16H21N5O3S. The van der Waals surface area contributed by atoms with Crippen LogP contribution in [0.2, 0.25) is 0 Å². The van der Waals surface area contributed by atoms with E-state index in [2.05, 4.69) is 19.7 Å². The Balaban J connectivity index is 1.63. The average Bonchev–Trinajstić information content (AvgIpc) is 3.08. The molecule has 0 spiro atoms. The first kappa shape index (κ1) is 16.6. The smallest absolute Gasteiger partial charge is 0.245 e. The van der Waals surface area contributed by atoms with E-state index in [9.17, 15) is 8.42 Å². The molecule has 0 saturated carbocycles. The molecule has 2 aromatic rings. The highest BCUT2D eigenvalue weighted by Gasteiger charge is 2.35. The summed E-state index contributed by atoms with van der Waals surface area (Å²) in [6.45, 7) is 4.13. The van der Waals surface area contributed by atoms with E-state index in [1.54, 1.807) is 18.3 Å². The molecule has 0 amide bonds. The van der Waals surface area contributed by atoms with Crippen LogP contribution < -0.4 is 0 Å². The van der Waals surface area contributed by atoms with Crippen LogP contribution in [0.4, 0.5) is 0 Å². The number of pyridine rings is 1. The lowest BCUT2D eigenvalue weighted by molar-refractivity contribution is 0.0820. The third-order valence-electron chi connectivity index (χ3n) is 4.88. The van der Waals surface area contributed by atoms with Gasteiger partial charge in [0, 0.05) is 44.1 Å². The van der Waals surface area contributed by atoms with E-state index in [1.807, 2.05) is 6.92 Å². The van der Waals surface area contributed by atoms with Crippen molar-refractivity contribution in [2.45, 2.75) is 43.2 Å². The summed E-state index contributed by atoms with van der Waals surface area (Å²) in [5.41, 5.74) is 0. The summed E-state index contributed by atoms with van der Waals surface area (Å²) in [6.07, 6.45) is 4.81. The van der Waals surface area contributed by atoms with E-state index in [-0.39, 0.29) is 17.5 Å². The highest BCUT2D eigenvalue weighted by Crippen LogP contribution is 2.32. The fourth-order valence-electron chi connectivity index (χ4n) is 3.59. The lowest BCUT2D eigenvalue weighted by atomic mass is 9.99. The minimum absolute atomic E-state index is 0.0111. The molecule has 0 unspecified atom stereocenters. The van der Waals surface area contributed by atoms with Crippen LogP contribution in [-0.2, 0) is 21.3 Å². The van der Waals surface area contributed by atoms with Gasteiger partial charge in [0.25, 0.3) is 0 Å². The second kappa shape index (κ2) is 6.47. The monoisotopic (exact) mass is 363 g/mol. The first-order valence-corrected chi connectivity index (χ1v) is 9.93. The molecule has 2 aliphatic heterocycles. The Morgan fingerprint density at radius 2 is 2.04 bits per heavy atom. The first-order valence-electron chi connectivity index (χ1n) is 8.49. The quantitative estimate of drug-likeness (QED) is 0.817. The molecule has 9 heteroatoms. The minimum atomic E-state index is -3.58. The fraction of sp³-hybridized carbons (Fsp3) is 0.562. The number of nitrogens with zero attached hydrogens (tertiary/aromatic N) is 5. The third-order valence-corrected chi connectivity index (χ3v) is 6.67. The number of rotatable bonds is 3. The predicted octanol–water partition coefficient (Wildman–Crippen LogP) is 1.33. The molecule has 4 heterocycles. The standard InChI is InChI=1S/C16H21N5O3S/c1-12-10-20(25(22,23)14-3-2-6-17-9-14)11-15-18-19-16(21(12)15)13-4-7-24-8-5-13/h2-3,6,9,12-13H,4-5,7-8,10-11H2,1H3/t12-/m0/s1. The van der Waals surface area contributed by atoms with Gasteiger partial charge < -0.3 is 9.30 Å². The average molecular weight is 363 g/mol. The van der Waals surface area contributed by atoms with Gasteiger partial charge in [-0.15, -0.1) is 10.2 Å². The van der Waals surface area contributed by atoms with E-state index in [4.69, 9.17) is 4.74 Å². The van der Waals surface area contributed by atoms with Gasteiger partial charge in [0.2, 0.25) is 10.0 Å². The highest BCUT2D eigenvalue weighted by molar-refractivity contribution is 7.89. The summed E-state index contributed by atoms with van der Waals surface area (Å²) in [5.74, 6) is 2.00. The summed E-state index contributed by atoms with van der Waals surface area (Å²) >= 11 is 0. The molecule has 0 N–H and O–H groups in total. The number of aromatic nitrogens is 4. The second-order valence-electron chi connectivity index (χ2n) is 6.57. The predicted molar refractivity (Wildman–Crippen MR) is 89.4 cm³/mol. The molecule has 25 heavy (non-hydrogen) atoms. The number of ether oxygens (including phenoxy) is 1. The molecular weight excluding hydrogens is 342 g/mol. The van der Waals surface area contributed by atoms with Crippen molar-refractivity contribution in [3.63, 3.8) is 0 Å². The Labute approximate surface area is 146 Å². The SMILES string of the molecule is C[C@H]1CN(S(=O)(=O)c2cccnc2)Cc2nnc(C3CCOCC3)n21. The lowest BCUT2D eigenvalue weighted by Crippen LogP contribution is -2.41. The second-order valence-corrected chi connectivity index (χ2v) is 8.50. The number of hydrogen-bond acceptors (Lipinski definition) is 6. The van der Waals surface area contributed by atoms with Gasteiger partial charge in [-0.05, 0) is 31.9 Å². The summed E-state index contributed by atoms with van der Waals surface area (Å²) in [5, 5.41) is 8.67. The van der Waals surface area contributed by atoms with Crippen LogP contribution in [0.25, 0.3) is 0 Å². The Morgan fingerprint density at radius 1 is 1.24 bits per heavy atom. The Bertz CT molecular complexity index is 846. The highest BCUT2D eigenvalue weighted by atomic mass is 32.2. The van der Waals surface area contributed by atoms with Crippen LogP contribution in [0.1, 0.15) is 43.4 Å². The van der Waals surface area contributed by atoms with E-state index in [0.29, 0.717) is 18.3 Å². The summed E-state index contributed by atoms with van der Waals surface area (Å²) in [6, 6.07) is 3.19. The van der Waals surface area contributed by atoms with Crippen molar-refractivity contribution in [2.24, 2.45) is 0 Å². The van der Waals surface area contributed by atoms with E-state index < -0.39 is 10.0 Å². The van der Waals surface area contributed by atoms with Crippen molar-refractivity contribution in [3.8, 4) is 0 Å². The Kier molecular flexibility index (Phi) is 4.30. The summed E-state index contributed by atoms with van der Waals surface area (Å²) in [7, 11) is -3.58. The first-order chi connectivity index (χ1) is 12.1. The van der Waals surface area contributed by atoms with Crippen LogP contribution in [0.5, 0.6) is 0 Å².